The third-order valence-electron chi connectivity index (χ3n) is 2.57. The van der Waals surface area contributed by atoms with Crippen molar-refractivity contribution < 1.29 is 0 Å². The average molecular weight is 232 g/mol. The Morgan fingerprint density at radius 2 is 2.29 bits per heavy atom. The lowest BCUT2D eigenvalue weighted by atomic mass is 10.1. The summed E-state index contributed by atoms with van der Waals surface area (Å²) in [5.41, 5.74) is 8.67. The van der Waals surface area contributed by atoms with E-state index >= 15 is 0 Å². The number of hydrogen-bond acceptors (Lipinski definition) is 5. The summed E-state index contributed by atoms with van der Waals surface area (Å²) in [5, 5.41) is 14.5. The molecule has 3 N–H and O–H groups in total. The van der Waals surface area contributed by atoms with Gasteiger partial charge in [-0.1, -0.05) is 6.07 Å². The van der Waals surface area contributed by atoms with Crippen LogP contribution < -0.4 is 11.1 Å². The van der Waals surface area contributed by atoms with Crippen LogP contribution in [0.3, 0.4) is 0 Å². The Hall–Kier alpha value is -1.95. The van der Waals surface area contributed by atoms with E-state index in [-0.39, 0.29) is 6.04 Å². The first-order valence-electron chi connectivity index (χ1n) is 5.51. The fourth-order valence-electron chi connectivity index (χ4n) is 1.56. The summed E-state index contributed by atoms with van der Waals surface area (Å²) in [6, 6.07) is 6.30. The number of rotatable bonds is 4. The van der Waals surface area contributed by atoms with Crippen molar-refractivity contribution in [1.82, 2.24) is 20.2 Å². The van der Waals surface area contributed by atoms with Gasteiger partial charge >= 0.3 is 0 Å². The maximum Gasteiger partial charge on any atom is 0.143 e. The molecule has 0 bridgehead atoms. The molecule has 90 valence electrons. The first-order valence-corrected chi connectivity index (χ1v) is 5.51. The number of hydrogen-bond donors (Lipinski definition) is 2. The number of nitrogens with two attached hydrogens (primary N) is 1. The number of nitrogens with one attached hydrogen (secondary N) is 1. The molecule has 17 heavy (non-hydrogen) atoms. The van der Waals surface area contributed by atoms with Gasteiger partial charge in [0.2, 0.25) is 0 Å². The summed E-state index contributed by atoms with van der Waals surface area (Å²) >= 11 is 0. The summed E-state index contributed by atoms with van der Waals surface area (Å²) in [5.74, 6) is 0. The smallest absolute Gasteiger partial charge is 0.143 e. The summed E-state index contributed by atoms with van der Waals surface area (Å²) in [6.45, 7) is 4.65. The van der Waals surface area contributed by atoms with E-state index in [9.17, 15) is 0 Å². The quantitative estimate of drug-likeness (QED) is 0.812. The number of benzene rings is 1. The molecule has 6 heteroatoms. The van der Waals surface area contributed by atoms with Gasteiger partial charge < -0.3 is 11.1 Å². The lowest BCUT2D eigenvalue weighted by Gasteiger charge is -2.14. The van der Waals surface area contributed by atoms with E-state index in [1.807, 2.05) is 32.0 Å². The SMILES string of the molecule is Cc1ccc(NC(C)CN)cc1-n1cnnn1. The Morgan fingerprint density at radius 1 is 1.47 bits per heavy atom. The maximum absolute atomic E-state index is 5.58. The molecular weight excluding hydrogens is 216 g/mol. The molecule has 1 atom stereocenters. The normalized spacial score (nSPS) is 12.4. The van der Waals surface area contributed by atoms with Crippen LogP contribution in [0.15, 0.2) is 24.5 Å². The van der Waals surface area contributed by atoms with E-state index in [4.69, 9.17) is 5.73 Å². The second-order valence-electron chi connectivity index (χ2n) is 4.04. The highest BCUT2D eigenvalue weighted by Gasteiger charge is 2.05. The van der Waals surface area contributed by atoms with Crippen LogP contribution in [0.1, 0.15) is 12.5 Å². The van der Waals surface area contributed by atoms with Crippen LogP contribution in [0.2, 0.25) is 0 Å². The molecule has 0 aliphatic heterocycles. The van der Waals surface area contributed by atoms with Gasteiger partial charge in [-0.2, -0.15) is 0 Å². The van der Waals surface area contributed by atoms with Gasteiger partial charge in [-0.25, -0.2) is 4.68 Å². The number of tetrazole rings is 1. The molecule has 1 unspecified atom stereocenters. The molecule has 2 rings (SSSR count). The van der Waals surface area contributed by atoms with Crippen LogP contribution in [-0.2, 0) is 0 Å². The zero-order valence-electron chi connectivity index (χ0n) is 9.96. The standard InChI is InChI=1S/C11H16N6/c1-8-3-4-10(14-9(2)6-12)5-11(8)17-7-13-15-16-17/h3-5,7,9,14H,6,12H2,1-2H3. The Kier molecular flexibility index (Phi) is 3.34. The maximum atomic E-state index is 5.58. The van der Waals surface area contributed by atoms with Crippen molar-refractivity contribution in [3.8, 4) is 5.69 Å². The molecular formula is C11H16N6. The van der Waals surface area contributed by atoms with Gasteiger partial charge in [-0.05, 0) is 42.0 Å². The molecule has 1 heterocycles. The zero-order chi connectivity index (χ0) is 12.3. The van der Waals surface area contributed by atoms with Crippen molar-refractivity contribution in [3.63, 3.8) is 0 Å². The van der Waals surface area contributed by atoms with Crippen LogP contribution in [0.25, 0.3) is 5.69 Å². The van der Waals surface area contributed by atoms with Crippen molar-refractivity contribution >= 4 is 5.69 Å². The van der Waals surface area contributed by atoms with E-state index in [2.05, 4.69) is 20.8 Å². The molecule has 6 nitrogen and oxygen atoms in total. The monoisotopic (exact) mass is 232 g/mol. The van der Waals surface area contributed by atoms with Crippen LogP contribution in [-0.4, -0.2) is 32.8 Å². The molecule has 0 aliphatic rings. The zero-order valence-corrected chi connectivity index (χ0v) is 9.96. The lowest BCUT2D eigenvalue weighted by Crippen LogP contribution is -2.25. The minimum Gasteiger partial charge on any atom is -0.381 e. The largest absolute Gasteiger partial charge is 0.381 e. The van der Waals surface area contributed by atoms with Crippen LogP contribution in [0.5, 0.6) is 0 Å². The van der Waals surface area contributed by atoms with E-state index in [1.165, 1.54) is 0 Å². The molecule has 2 aromatic rings. The Morgan fingerprint density at radius 3 is 2.94 bits per heavy atom. The van der Waals surface area contributed by atoms with Gasteiger partial charge in [0.1, 0.15) is 6.33 Å². The van der Waals surface area contributed by atoms with Gasteiger partial charge in [-0.3, -0.25) is 0 Å². The van der Waals surface area contributed by atoms with Gasteiger partial charge in [-0.15, -0.1) is 5.10 Å². The topological polar surface area (TPSA) is 81.6 Å². The molecule has 1 aromatic heterocycles. The van der Waals surface area contributed by atoms with Crippen molar-refractivity contribution in [2.75, 3.05) is 11.9 Å². The fourth-order valence-corrected chi connectivity index (χ4v) is 1.56. The summed E-state index contributed by atoms with van der Waals surface area (Å²) in [4.78, 5) is 0. The molecule has 0 aliphatic carbocycles. The fraction of sp³-hybridized carbons (Fsp3) is 0.364. The molecule has 0 spiro atoms. The number of anilines is 1. The van der Waals surface area contributed by atoms with Crippen LogP contribution in [0, 0.1) is 6.92 Å². The third kappa shape index (κ3) is 2.59. The predicted molar refractivity (Wildman–Crippen MR) is 66.0 cm³/mol. The highest BCUT2D eigenvalue weighted by Crippen LogP contribution is 2.18. The van der Waals surface area contributed by atoms with E-state index < -0.39 is 0 Å². The van der Waals surface area contributed by atoms with Crippen LogP contribution in [0.4, 0.5) is 5.69 Å². The molecule has 0 saturated heterocycles. The van der Waals surface area contributed by atoms with Crippen LogP contribution >= 0.6 is 0 Å². The lowest BCUT2D eigenvalue weighted by molar-refractivity contribution is 0.782. The average Bonchev–Trinajstić information content (AvgIpc) is 2.85. The first-order chi connectivity index (χ1) is 8.20. The second-order valence-corrected chi connectivity index (χ2v) is 4.04. The van der Waals surface area contributed by atoms with Gasteiger partial charge in [0, 0.05) is 18.3 Å². The molecule has 0 fully saturated rings. The summed E-state index contributed by atoms with van der Waals surface area (Å²) < 4.78 is 1.65. The first kappa shape index (κ1) is 11.5. The molecule has 0 amide bonds. The molecule has 1 aromatic carbocycles. The van der Waals surface area contributed by atoms with Crippen molar-refractivity contribution in [2.45, 2.75) is 19.9 Å². The van der Waals surface area contributed by atoms with Gasteiger partial charge in [0.15, 0.2) is 0 Å². The van der Waals surface area contributed by atoms with E-state index in [0.29, 0.717) is 6.54 Å². The summed E-state index contributed by atoms with van der Waals surface area (Å²) in [6.07, 6.45) is 1.58. The Labute approximate surface area is 99.8 Å². The highest BCUT2D eigenvalue weighted by molar-refractivity contribution is 5.54. The van der Waals surface area contributed by atoms with Gasteiger partial charge in [0.05, 0.1) is 5.69 Å². The number of aryl methyl sites for hydroxylation is 1. The number of nitrogens with zero attached hydrogens (tertiary/aromatic N) is 4. The summed E-state index contributed by atoms with van der Waals surface area (Å²) in [7, 11) is 0. The van der Waals surface area contributed by atoms with Crippen molar-refractivity contribution in [2.24, 2.45) is 5.73 Å². The number of aromatic nitrogens is 4. The molecule has 0 saturated carbocycles. The Balaban J connectivity index is 2.30. The highest BCUT2D eigenvalue weighted by atomic mass is 15.5. The Bertz CT molecular complexity index is 479. The minimum absolute atomic E-state index is 0.236. The van der Waals surface area contributed by atoms with Gasteiger partial charge in [0.25, 0.3) is 0 Å². The van der Waals surface area contributed by atoms with E-state index in [1.54, 1.807) is 11.0 Å². The second kappa shape index (κ2) is 4.92. The minimum atomic E-state index is 0.236. The van der Waals surface area contributed by atoms with E-state index in [0.717, 1.165) is 16.9 Å². The third-order valence-corrected chi connectivity index (χ3v) is 2.57. The predicted octanol–water partition coefficient (Wildman–Crippen LogP) is 0.730. The van der Waals surface area contributed by atoms with Crippen molar-refractivity contribution in [1.29, 1.82) is 0 Å². The molecule has 0 radical (unpaired) electrons. The van der Waals surface area contributed by atoms with Crippen molar-refractivity contribution in [3.05, 3.63) is 30.1 Å².